The average molecular weight is 272 g/mol. The average Bonchev–Trinajstić information content (AvgIpc) is 2.86. The maximum absolute atomic E-state index is 3.85. The van der Waals surface area contributed by atoms with Crippen LogP contribution in [0.1, 0.15) is 40.0 Å². The van der Waals surface area contributed by atoms with Crippen LogP contribution in [0.2, 0.25) is 0 Å². The minimum absolute atomic E-state index is 0.410. The molecule has 0 radical (unpaired) electrons. The molecule has 0 aliphatic heterocycles. The Kier molecular flexibility index (Phi) is 3.04. The van der Waals surface area contributed by atoms with Crippen LogP contribution >= 0.6 is 0 Å². The third kappa shape index (κ3) is 2.01. The fraction of sp³-hybridized carbons (Fsp3) is 0.667. The molecule has 2 aliphatic carbocycles. The van der Waals surface area contributed by atoms with Crippen LogP contribution in [0.25, 0.3) is 0 Å². The van der Waals surface area contributed by atoms with Gasteiger partial charge in [0.1, 0.15) is 0 Å². The lowest BCUT2D eigenvalue weighted by molar-refractivity contribution is 0.155. The molecule has 20 heavy (non-hydrogen) atoms. The second-order valence-electron chi connectivity index (χ2n) is 7.93. The molecule has 0 saturated heterocycles. The molecule has 1 N–H and O–H groups in total. The number of nitrogens with zero attached hydrogens (tertiary/aromatic N) is 1. The molecule has 0 aromatic heterocycles. The fourth-order valence-electron chi connectivity index (χ4n) is 4.68. The van der Waals surface area contributed by atoms with E-state index >= 15 is 0 Å². The van der Waals surface area contributed by atoms with Crippen molar-refractivity contribution in [1.82, 2.24) is 0 Å². The summed E-state index contributed by atoms with van der Waals surface area (Å²) in [5, 5.41) is 3.85. The van der Waals surface area contributed by atoms with Gasteiger partial charge in [0.15, 0.2) is 0 Å². The first-order valence-corrected chi connectivity index (χ1v) is 7.87. The van der Waals surface area contributed by atoms with Crippen LogP contribution in [0.5, 0.6) is 0 Å². The second kappa shape index (κ2) is 4.41. The largest absolute Gasteiger partial charge is 0.381 e. The van der Waals surface area contributed by atoms with Crippen LogP contribution in [-0.2, 0) is 0 Å². The summed E-state index contributed by atoms with van der Waals surface area (Å²) in [6.07, 6.45) is 4.20. The molecule has 0 heterocycles. The van der Waals surface area contributed by atoms with Crippen LogP contribution in [0.3, 0.4) is 0 Å². The van der Waals surface area contributed by atoms with Gasteiger partial charge in [0.25, 0.3) is 0 Å². The van der Waals surface area contributed by atoms with E-state index < -0.39 is 0 Å². The summed E-state index contributed by atoms with van der Waals surface area (Å²) in [5.41, 5.74) is 3.41. The summed E-state index contributed by atoms with van der Waals surface area (Å²) < 4.78 is 0. The highest BCUT2D eigenvalue weighted by Gasteiger charge is 2.59. The molecule has 3 rings (SSSR count). The Morgan fingerprint density at radius 3 is 2.25 bits per heavy atom. The molecule has 2 fully saturated rings. The minimum atomic E-state index is 0.410. The van der Waals surface area contributed by atoms with Crippen LogP contribution in [0.4, 0.5) is 11.4 Å². The number of hydrogen-bond donors (Lipinski definition) is 1. The third-order valence-corrected chi connectivity index (χ3v) is 5.96. The first-order chi connectivity index (χ1) is 9.33. The van der Waals surface area contributed by atoms with Crippen molar-refractivity contribution in [2.45, 2.75) is 46.1 Å². The highest BCUT2D eigenvalue weighted by molar-refractivity contribution is 5.55. The fourth-order valence-corrected chi connectivity index (χ4v) is 4.68. The predicted molar refractivity (Wildman–Crippen MR) is 87.4 cm³/mol. The van der Waals surface area contributed by atoms with E-state index in [9.17, 15) is 0 Å². The first kappa shape index (κ1) is 13.8. The van der Waals surface area contributed by atoms with Gasteiger partial charge in [0.05, 0.1) is 0 Å². The summed E-state index contributed by atoms with van der Waals surface area (Å²) >= 11 is 0. The number of benzene rings is 1. The zero-order valence-electron chi connectivity index (χ0n) is 13.5. The Morgan fingerprint density at radius 2 is 1.75 bits per heavy atom. The maximum Gasteiger partial charge on any atom is 0.0368 e. The van der Waals surface area contributed by atoms with Crippen molar-refractivity contribution in [3.05, 3.63) is 24.3 Å². The molecular formula is C18H28N2. The van der Waals surface area contributed by atoms with Crippen molar-refractivity contribution in [3.63, 3.8) is 0 Å². The Balaban J connectivity index is 1.80. The highest BCUT2D eigenvalue weighted by atomic mass is 15.1. The molecule has 3 atom stereocenters. The highest BCUT2D eigenvalue weighted by Crippen LogP contribution is 2.63. The van der Waals surface area contributed by atoms with Gasteiger partial charge < -0.3 is 10.2 Å². The first-order valence-electron chi connectivity index (χ1n) is 7.87. The lowest BCUT2D eigenvalue weighted by Crippen LogP contribution is -2.45. The predicted octanol–water partition coefficient (Wildman–Crippen LogP) is 4.38. The van der Waals surface area contributed by atoms with Gasteiger partial charge in [-0.25, -0.2) is 0 Å². The van der Waals surface area contributed by atoms with E-state index in [-0.39, 0.29) is 0 Å². The summed E-state index contributed by atoms with van der Waals surface area (Å²) in [6.45, 7) is 7.38. The summed E-state index contributed by atoms with van der Waals surface area (Å²) in [5.74, 6) is 0.894. The van der Waals surface area contributed by atoms with E-state index in [1.54, 1.807) is 0 Å². The maximum atomic E-state index is 3.85. The van der Waals surface area contributed by atoms with Crippen LogP contribution in [0.15, 0.2) is 24.3 Å². The molecule has 0 amide bonds. The number of hydrogen-bond acceptors (Lipinski definition) is 2. The Labute approximate surface area is 123 Å². The van der Waals surface area contributed by atoms with E-state index in [4.69, 9.17) is 0 Å². The van der Waals surface area contributed by atoms with Crippen LogP contribution in [-0.4, -0.2) is 20.1 Å². The summed E-state index contributed by atoms with van der Waals surface area (Å²) in [6, 6.07) is 9.44. The van der Waals surface area contributed by atoms with Crippen molar-refractivity contribution in [3.8, 4) is 0 Å². The molecule has 3 unspecified atom stereocenters. The molecule has 0 spiro atoms. The Hall–Kier alpha value is -1.18. The van der Waals surface area contributed by atoms with Crippen molar-refractivity contribution in [2.24, 2.45) is 16.7 Å². The van der Waals surface area contributed by atoms with Crippen molar-refractivity contribution < 1.29 is 0 Å². The van der Waals surface area contributed by atoms with E-state index in [1.165, 1.54) is 30.6 Å². The van der Waals surface area contributed by atoms with E-state index in [0.29, 0.717) is 16.9 Å². The molecule has 2 bridgehead atoms. The molecule has 1 aromatic carbocycles. The van der Waals surface area contributed by atoms with Crippen molar-refractivity contribution >= 4 is 11.4 Å². The topological polar surface area (TPSA) is 15.3 Å². The third-order valence-electron chi connectivity index (χ3n) is 5.96. The van der Waals surface area contributed by atoms with Gasteiger partial charge in [-0.15, -0.1) is 0 Å². The molecular weight excluding hydrogens is 244 g/mol. The lowest BCUT2D eigenvalue weighted by Gasteiger charge is -2.43. The normalized spacial score (nSPS) is 34.2. The van der Waals surface area contributed by atoms with Crippen molar-refractivity contribution in [2.75, 3.05) is 24.3 Å². The standard InChI is InChI=1S/C18H28N2/c1-17(2)13-10-11-18(3,12-13)16(17)19-14-6-8-15(9-7-14)20(4)5/h6-9,13,16,19H,10-12H2,1-5H3. The monoisotopic (exact) mass is 272 g/mol. The Morgan fingerprint density at radius 1 is 1.10 bits per heavy atom. The molecule has 2 nitrogen and oxygen atoms in total. The number of rotatable bonds is 3. The summed E-state index contributed by atoms with van der Waals surface area (Å²) in [4.78, 5) is 2.15. The van der Waals surface area contributed by atoms with Gasteiger partial charge in [-0.3, -0.25) is 0 Å². The number of fused-ring (bicyclic) bond motifs is 2. The van der Waals surface area contributed by atoms with Gasteiger partial charge in [-0.2, -0.15) is 0 Å². The number of nitrogens with one attached hydrogen (secondary N) is 1. The van der Waals surface area contributed by atoms with Gasteiger partial charge in [-0.1, -0.05) is 20.8 Å². The smallest absolute Gasteiger partial charge is 0.0368 e. The van der Waals surface area contributed by atoms with Crippen LogP contribution < -0.4 is 10.2 Å². The molecule has 2 saturated carbocycles. The zero-order chi connectivity index (χ0) is 14.5. The Bertz CT molecular complexity index is 484. The van der Waals surface area contributed by atoms with Gasteiger partial charge >= 0.3 is 0 Å². The summed E-state index contributed by atoms with van der Waals surface area (Å²) in [7, 11) is 4.17. The number of anilines is 2. The van der Waals surface area contributed by atoms with Gasteiger partial charge in [0.2, 0.25) is 0 Å². The van der Waals surface area contributed by atoms with Gasteiger partial charge in [-0.05, 0) is 60.3 Å². The van der Waals surface area contributed by atoms with E-state index in [1.807, 2.05) is 0 Å². The lowest BCUT2D eigenvalue weighted by atomic mass is 9.68. The minimum Gasteiger partial charge on any atom is -0.381 e. The molecule has 1 aromatic rings. The van der Waals surface area contributed by atoms with E-state index in [2.05, 4.69) is 69.3 Å². The van der Waals surface area contributed by atoms with Crippen LogP contribution in [0, 0.1) is 16.7 Å². The molecule has 110 valence electrons. The second-order valence-corrected chi connectivity index (χ2v) is 7.93. The van der Waals surface area contributed by atoms with Gasteiger partial charge in [0, 0.05) is 31.5 Å². The SMILES string of the molecule is CN(C)c1ccc(NC2C3(C)CCC(C3)C2(C)C)cc1. The zero-order valence-corrected chi connectivity index (χ0v) is 13.5. The molecule has 2 aliphatic rings. The van der Waals surface area contributed by atoms with Crippen molar-refractivity contribution in [1.29, 1.82) is 0 Å². The quantitative estimate of drug-likeness (QED) is 0.878. The molecule has 2 heteroatoms. The van der Waals surface area contributed by atoms with E-state index in [0.717, 1.165) is 5.92 Å².